The zero-order chi connectivity index (χ0) is 11.4. The summed E-state index contributed by atoms with van der Waals surface area (Å²) in [6, 6.07) is 5.19. The molecular formula is C10H14BrNO3. The van der Waals surface area contributed by atoms with Crippen molar-refractivity contribution in [3.8, 4) is 11.5 Å². The van der Waals surface area contributed by atoms with Gasteiger partial charge in [-0.1, -0.05) is 15.9 Å². The Hall–Kier alpha value is -0.780. The predicted octanol–water partition coefficient (Wildman–Crippen LogP) is 1.42. The molecule has 2 atom stereocenters. The van der Waals surface area contributed by atoms with Gasteiger partial charge in [-0.3, -0.25) is 0 Å². The summed E-state index contributed by atoms with van der Waals surface area (Å²) in [7, 11) is 3.10. The Bertz CT molecular complexity index is 330. The second-order valence-electron chi connectivity index (χ2n) is 3.00. The Kier molecular flexibility index (Phi) is 4.38. The minimum atomic E-state index is -0.838. The zero-order valence-corrected chi connectivity index (χ0v) is 10.2. The topological polar surface area (TPSA) is 64.7 Å². The summed E-state index contributed by atoms with van der Waals surface area (Å²) < 4.78 is 10.2. The molecule has 3 N–H and O–H groups in total. The van der Waals surface area contributed by atoms with E-state index in [1.54, 1.807) is 25.3 Å². The van der Waals surface area contributed by atoms with Gasteiger partial charge in [0.1, 0.15) is 17.6 Å². The number of rotatable bonds is 4. The minimum absolute atomic E-state index is 0.543. The van der Waals surface area contributed by atoms with Crippen LogP contribution in [0.1, 0.15) is 11.7 Å². The van der Waals surface area contributed by atoms with E-state index in [1.807, 2.05) is 0 Å². The maximum Gasteiger partial charge on any atom is 0.125 e. The first kappa shape index (κ1) is 12.3. The summed E-state index contributed by atoms with van der Waals surface area (Å²) in [5.74, 6) is 1.23. The molecule has 1 aromatic rings. The Morgan fingerprint density at radius 3 is 2.47 bits per heavy atom. The maximum atomic E-state index is 9.82. The van der Waals surface area contributed by atoms with Crippen LogP contribution < -0.4 is 15.2 Å². The van der Waals surface area contributed by atoms with Gasteiger partial charge in [0.05, 0.1) is 19.2 Å². The molecule has 0 saturated carbocycles. The summed E-state index contributed by atoms with van der Waals surface area (Å²) in [6.45, 7) is 0. The quantitative estimate of drug-likeness (QED) is 0.644. The van der Waals surface area contributed by atoms with Crippen LogP contribution in [-0.2, 0) is 0 Å². The lowest BCUT2D eigenvalue weighted by molar-refractivity contribution is 0.173. The van der Waals surface area contributed by atoms with Gasteiger partial charge in [-0.15, -0.1) is 0 Å². The van der Waals surface area contributed by atoms with Crippen LogP contribution in [0, 0.1) is 0 Å². The number of halogens is 1. The minimum Gasteiger partial charge on any atom is -0.497 e. The first-order valence-electron chi connectivity index (χ1n) is 4.39. The number of nitrogens with two attached hydrogens (primary N) is 1. The second kappa shape index (κ2) is 5.34. The molecule has 2 unspecified atom stereocenters. The van der Waals surface area contributed by atoms with Crippen LogP contribution in [0.2, 0.25) is 0 Å². The molecule has 0 fully saturated rings. The van der Waals surface area contributed by atoms with Crippen LogP contribution in [0.4, 0.5) is 0 Å². The largest absolute Gasteiger partial charge is 0.497 e. The smallest absolute Gasteiger partial charge is 0.125 e. The molecule has 0 saturated heterocycles. The molecule has 0 amide bonds. The Labute approximate surface area is 97.1 Å². The Morgan fingerprint density at radius 2 is 2.00 bits per heavy atom. The van der Waals surface area contributed by atoms with E-state index in [4.69, 9.17) is 15.2 Å². The number of aliphatic hydroxyl groups is 1. The number of hydrogen-bond donors (Lipinski definition) is 2. The zero-order valence-electron chi connectivity index (χ0n) is 8.61. The van der Waals surface area contributed by atoms with E-state index in [0.717, 1.165) is 0 Å². The second-order valence-corrected chi connectivity index (χ2v) is 4.05. The first-order chi connectivity index (χ1) is 7.10. The summed E-state index contributed by atoms with van der Waals surface area (Å²) in [5, 5.41) is 9.82. The summed E-state index contributed by atoms with van der Waals surface area (Å²) in [6.07, 6.45) is -0.838. The molecule has 0 aliphatic rings. The maximum absolute atomic E-state index is 9.82. The third-order valence-corrected chi connectivity index (χ3v) is 2.56. The number of methoxy groups -OCH3 is 2. The van der Waals surface area contributed by atoms with Gasteiger partial charge in [0.15, 0.2) is 0 Å². The predicted molar refractivity (Wildman–Crippen MR) is 61.4 cm³/mol. The van der Waals surface area contributed by atoms with E-state index in [0.29, 0.717) is 17.1 Å². The Balaban J connectivity index is 3.11. The van der Waals surface area contributed by atoms with Gasteiger partial charge in [0, 0.05) is 5.56 Å². The van der Waals surface area contributed by atoms with E-state index in [-0.39, 0.29) is 0 Å². The molecule has 0 spiro atoms. The standard InChI is InChI=1S/C10H14BrNO3/c1-14-6-3-4-8(15-2)7(5-6)9(13)10(11)12/h3-5,9-10,13H,12H2,1-2H3. The number of ether oxygens (including phenoxy) is 2. The van der Waals surface area contributed by atoms with Gasteiger partial charge in [-0.25, -0.2) is 0 Å². The number of benzene rings is 1. The highest BCUT2D eigenvalue weighted by molar-refractivity contribution is 9.09. The summed E-state index contributed by atoms with van der Waals surface area (Å²) >= 11 is 3.12. The van der Waals surface area contributed by atoms with Crippen molar-refractivity contribution in [2.75, 3.05) is 14.2 Å². The van der Waals surface area contributed by atoms with Gasteiger partial charge in [0.25, 0.3) is 0 Å². The van der Waals surface area contributed by atoms with E-state index in [9.17, 15) is 5.11 Å². The lowest BCUT2D eigenvalue weighted by atomic mass is 10.1. The molecule has 0 bridgehead atoms. The van der Waals surface area contributed by atoms with Crippen molar-refractivity contribution in [3.05, 3.63) is 23.8 Å². The van der Waals surface area contributed by atoms with Crippen LogP contribution in [-0.4, -0.2) is 24.3 Å². The molecule has 4 nitrogen and oxygen atoms in total. The van der Waals surface area contributed by atoms with Crippen molar-refractivity contribution in [2.45, 2.75) is 11.1 Å². The lowest BCUT2D eigenvalue weighted by Gasteiger charge is -2.17. The van der Waals surface area contributed by atoms with Crippen LogP contribution in [0.5, 0.6) is 11.5 Å². The monoisotopic (exact) mass is 275 g/mol. The fraction of sp³-hybridized carbons (Fsp3) is 0.400. The molecule has 0 aromatic heterocycles. The van der Waals surface area contributed by atoms with Gasteiger partial charge in [0.2, 0.25) is 0 Å². The van der Waals surface area contributed by atoms with Crippen molar-refractivity contribution in [2.24, 2.45) is 5.73 Å². The molecule has 1 aromatic carbocycles. The van der Waals surface area contributed by atoms with Crippen molar-refractivity contribution in [1.82, 2.24) is 0 Å². The summed E-state index contributed by atoms with van der Waals surface area (Å²) in [5.41, 5.74) is 6.15. The van der Waals surface area contributed by atoms with Gasteiger partial charge >= 0.3 is 0 Å². The number of aliphatic hydroxyl groups excluding tert-OH is 1. The van der Waals surface area contributed by atoms with Crippen LogP contribution >= 0.6 is 15.9 Å². The van der Waals surface area contributed by atoms with Crippen molar-refractivity contribution >= 4 is 15.9 Å². The van der Waals surface area contributed by atoms with E-state index in [2.05, 4.69) is 15.9 Å². The van der Waals surface area contributed by atoms with Gasteiger partial charge < -0.3 is 20.3 Å². The van der Waals surface area contributed by atoms with Crippen molar-refractivity contribution in [1.29, 1.82) is 0 Å². The van der Waals surface area contributed by atoms with E-state index in [1.165, 1.54) is 7.11 Å². The van der Waals surface area contributed by atoms with Gasteiger partial charge in [-0.05, 0) is 18.2 Å². The van der Waals surface area contributed by atoms with Gasteiger partial charge in [-0.2, -0.15) is 0 Å². The first-order valence-corrected chi connectivity index (χ1v) is 5.31. The molecule has 84 valence electrons. The molecule has 5 heteroatoms. The lowest BCUT2D eigenvalue weighted by Crippen LogP contribution is -2.21. The van der Waals surface area contributed by atoms with Crippen LogP contribution in [0.15, 0.2) is 18.2 Å². The normalized spacial score (nSPS) is 14.5. The Morgan fingerprint density at radius 1 is 1.33 bits per heavy atom. The number of alkyl halides is 1. The molecule has 0 aliphatic heterocycles. The molecule has 0 heterocycles. The van der Waals surface area contributed by atoms with Crippen molar-refractivity contribution in [3.63, 3.8) is 0 Å². The average molecular weight is 276 g/mol. The molecular weight excluding hydrogens is 262 g/mol. The third-order valence-electron chi connectivity index (χ3n) is 2.06. The highest BCUT2D eigenvalue weighted by Gasteiger charge is 2.19. The number of hydrogen-bond acceptors (Lipinski definition) is 4. The molecule has 15 heavy (non-hydrogen) atoms. The van der Waals surface area contributed by atoms with Crippen LogP contribution in [0.25, 0.3) is 0 Å². The van der Waals surface area contributed by atoms with E-state index < -0.39 is 11.1 Å². The fourth-order valence-corrected chi connectivity index (χ4v) is 1.53. The summed E-state index contributed by atoms with van der Waals surface area (Å²) in [4.78, 5) is -0.543. The van der Waals surface area contributed by atoms with Crippen LogP contribution in [0.3, 0.4) is 0 Å². The SMILES string of the molecule is COc1ccc(OC)c(C(O)C(N)Br)c1. The molecule has 0 aliphatic carbocycles. The highest BCUT2D eigenvalue weighted by atomic mass is 79.9. The van der Waals surface area contributed by atoms with E-state index >= 15 is 0 Å². The average Bonchev–Trinajstić information content (AvgIpc) is 2.27. The highest BCUT2D eigenvalue weighted by Crippen LogP contribution is 2.31. The molecule has 0 radical (unpaired) electrons. The molecule has 1 rings (SSSR count). The van der Waals surface area contributed by atoms with Crippen molar-refractivity contribution < 1.29 is 14.6 Å². The fourth-order valence-electron chi connectivity index (χ4n) is 1.24. The third kappa shape index (κ3) is 2.84.